The molecule has 1 aromatic rings. The molecule has 0 unspecified atom stereocenters. The first-order valence-electron chi connectivity index (χ1n) is 6.51. The SMILES string of the molecule is CCN1CCC(Cc2cc(Br)c(OC)nn2)CC1. The minimum atomic E-state index is 0.555. The van der Waals surface area contributed by atoms with E-state index < -0.39 is 0 Å². The Kier molecular flexibility index (Phi) is 4.95. The molecule has 1 aliphatic heterocycles. The Labute approximate surface area is 117 Å². The predicted octanol–water partition coefficient (Wildman–Crippen LogP) is 2.52. The molecule has 0 atom stereocenters. The van der Waals surface area contributed by atoms with Crippen molar-refractivity contribution in [3.63, 3.8) is 0 Å². The maximum atomic E-state index is 5.09. The van der Waals surface area contributed by atoms with Crippen molar-refractivity contribution < 1.29 is 4.74 Å². The largest absolute Gasteiger partial charge is 0.479 e. The number of aromatic nitrogens is 2. The van der Waals surface area contributed by atoms with Gasteiger partial charge in [0.2, 0.25) is 5.88 Å². The van der Waals surface area contributed by atoms with Gasteiger partial charge in [0.15, 0.2) is 0 Å². The van der Waals surface area contributed by atoms with E-state index in [1.165, 1.54) is 32.5 Å². The first-order chi connectivity index (χ1) is 8.72. The molecule has 1 fully saturated rings. The van der Waals surface area contributed by atoms with Crippen LogP contribution in [0.4, 0.5) is 0 Å². The topological polar surface area (TPSA) is 38.2 Å². The van der Waals surface area contributed by atoms with Crippen molar-refractivity contribution in [3.8, 4) is 5.88 Å². The van der Waals surface area contributed by atoms with Crippen LogP contribution < -0.4 is 4.74 Å². The first kappa shape index (κ1) is 13.7. The van der Waals surface area contributed by atoms with Gasteiger partial charge >= 0.3 is 0 Å². The van der Waals surface area contributed by atoms with E-state index in [9.17, 15) is 0 Å². The summed E-state index contributed by atoms with van der Waals surface area (Å²) in [4.78, 5) is 2.51. The summed E-state index contributed by atoms with van der Waals surface area (Å²) in [5.74, 6) is 1.29. The van der Waals surface area contributed by atoms with Crippen LogP contribution in [0.3, 0.4) is 0 Å². The molecular formula is C13H20BrN3O. The third-order valence-electron chi connectivity index (χ3n) is 3.61. The van der Waals surface area contributed by atoms with E-state index in [1.54, 1.807) is 7.11 Å². The molecule has 0 aromatic carbocycles. The highest BCUT2D eigenvalue weighted by molar-refractivity contribution is 9.10. The summed E-state index contributed by atoms with van der Waals surface area (Å²) in [5.41, 5.74) is 1.05. The highest BCUT2D eigenvalue weighted by atomic mass is 79.9. The van der Waals surface area contributed by atoms with Crippen LogP contribution in [-0.4, -0.2) is 41.8 Å². The van der Waals surface area contributed by atoms with E-state index in [2.05, 4.69) is 38.0 Å². The summed E-state index contributed by atoms with van der Waals surface area (Å²) in [6, 6.07) is 2.03. The zero-order valence-electron chi connectivity index (χ0n) is 11.0. The number of ether oxygens (including phenoxy) is 1. The Bertz CT molecular complexity index is 392. The van der Waals surface area contributed by atoms with E-state index in [1.807, 2.05) is 6.07 Å². The molecule has 2 heterocycles. The number of methoxy groups -OCH3 is 1. The molecule has 4 nitrogen and oxygen atoms in total. The second kappa shape index (κ2) is 6.48. The van der Waals surface area contributed by atoms with Crippen LogP contribution in [0.5, 0.6) is 5.88 Å². The van der Waals surface area contributed by atoms with Gasteiger partial charge in [-0.15, -0.1) is 5.10 Å². The molecule has 100 valence electrons. The summed E-state index contributed by atoms with van der Waals surface area (Å²) in [5, 5.41) is 8.29. The highest BCUT2D eigenvalue weighted by Crippen LogP contribution is 2.25. The van der Waals surface area contributed by atoms with Crippen LogP contribution >= 0.6 is 15.9 Å². The van der Waals surface area contributed by atoms with Crippen LogP contribution in [0.15, 0.2) is 10.5 Å². The Morgan fingerprint density at radius 1 is 1.39 bits per heavy atom. The second-order valence-electron chi connectivity index (χ2n) is 4.77. The van der Waals surface area contributed by atoms with Gasteiger partial charge in [0.25, 0.3) is 0 Å². The number of nitrogens with zero attached hydrogens (tertiary/aromatic N) is 3. The van der Waals surface area contributed by atoms with Gasteiger partial charge in [-0.1, -0.05) is 6.92 Å². The molecule has 0 aliphatic carbocycles. The number of hydrogen-bond donors (Lipinski definition) is 0. The number of likely N-dealkylation sites (tertiary alicyclic amines) is 1. The maximum absolute atomic E-state index is 5.09. The lowest BCUT2D eigenvalue weighted by atomic mass is 9.92. The summed E-state index contributed by atoms with van der Waals surface area (Å²) in [6.07, 6.45) is 3.55. The predicted molar refractivity (Wildman–Crippen MR) is 74.8 cm³/mol. The van der Waals surface area contributed by atoms with Crippen molar-refractivity contribution in [1.29, 1.82) is 0 Å². The molecule has 5 heteroatoms. The number of piperidine rings is 1. The fourth-order valence-electron chi connectivity index (χ4n) is 2.43. The van der Waals surface area contributed by atoms with Gasteiger partial charge in [-0.05, 0) is 66.8 Å². The lowest BCUT2D eigenvalue weighted by Gasteiger charge is -2.30. The monoisotopic (exact) mass is 313 g/mol. The van der Waals surface area contributed by atoms with Crippen molar-refractivity contribution in [2.45, 2.75) is 26.2 Å². The average Bonchev–Trinajstić information content (AvgIpc) is 2.40. The number of rotatable bonds is 4. The molecule has 1 aliphatic rings. The second-order valence-corrected chi connectivity index (χ2v) is 5.63. The lowest BCUT2D eigenvalue weighted by molar-refractivity contribution is 0.191. The van der Waals surface area contributed by atoms with Gasteiger partial charge < -0.3 is 9.64 Å². The van der Waals surface area contributed by atoms with Crippen LogP contribution in [-0.2, 0) is 6.42 Å². The standard InChI is InChI=1S/C13H20BrN3O/c1-3-17-6-4-10(5-7-17)8-11-9-12(14)13(18-2)16-15-11/h9-10H,3-8H2,1-2H3. The van der Waals surface area contributed by atoms with Crippen LogP contribution in [0.25, 0.3) is 0 Å². The average molecular weight is 314 g/mol. The normalized spacial score (nSPS) is 17.9. The van der Waals surface area contributed by atoms with Gasteiger partial charge in [-0.25, -0.2) is 0 Å². The molecule has 0 amide bonds. The molecular weight excluding hydrogens is 294 g/mol. The molecule has 1 saturated heterocycles. The minimum Gasteiger partial charge on any atom is -0.479 e. The molecule has 0 saturated carbocycles. The van der Waals surface area contributed by atoms with E-state index in [4.69, 9.17) is 4.74 Å². The zero-order chi connectivity index (χ0) is 13.0. The van der Waals surface area contributed by atoms with Crippen molar-refractivity contribution >= 4 is 15.9 Å². The van der Waals surface area contributed by atoms with E-state index in [0.29, 0.717) is 5.88 Å². The van der Waals surface area contributed by atoms with Crippen molar-refractivity contribution in [2.24, 2.45) is 5.92 Å². The van der Waals surface area contributed by atoms with Gasteiger partial charge in [-0.3, -0.25) is 0 Å². The molecule has 1 aromatic heterocycles. The number of hydrogen-bond acceptors (Lipinski definition) is 4. The summed E-state index contributed by atoms with van der Waals surface area (Å²) in [7, 11) is 1.61. The third kappa shape index (κ3) is 3.42. The van der Waals surface area contributed by atoms with Crippen LogP contribution in [0, 0.1) is 5.92 Å². The smallest absolute Gasteiger partial charge is 0.247 e. The zero-order valence-corrected chi connectivity index (χ0v) is 12.6. The van der Waals surface area contributed by atoms with E-state index >= 15 is 0 Å². The highest BCUT2D eigenvalue weighted by Gasteiger charge is 2.19. The third-order valence-corrected chi connectivity index (χ3v) is 4.18. The molecule has 0 bridgehead atoms. The summed E-state index contributed by atoms with van der Waals surface area (Å²) < 4.78 is 5.98. The molecule has 18 heavy (non-hydrogen) atoms. The van der Waals surface area contributed by atoms with Crippen LogP contribution in [0.2, 0.25) is 0 Å². The minimum absolute atomic E-state index is 0.555. The van der Waals surface area contributed by atoms with Crippen LogP contribution in [0.1, 0.15) is 25.5 Å². The fraction of sp³-hybridized carbons (Fsp3) is 0.692. The van der Waals surface area contributed by atoms with Gasteiger partial charge in [0, 0.05) is 0 Å². The van der Waals surface area contributed by atoms with Crippen molar-refractivity contribution in [1.82, 2.24) is 15.1 Å². The van der Waals surface area contributed by atoms with Crippen molar-refractivity contribution in [3.05, 3.63) is 16.2 Å². The van der Waals surface area contributed by atoms with Gasteiger partial charge in [0.05, 0.1) is 17.3 Å². The molecule has 0 radical (unpaired) electrons. The quantitative estimate of drug-likeness (QED) is 0.856. The maximum Gasteiger partial charge on any atom is 0.247 e. The Morgan fingerprint density at radius 2 is 2.11 bits per heavy atom. The Balaban J connectivity index is 1.92. The summed E-state index contributed by atoms with van der Waals surface area (Å²) >= 11 is 3.46. The molecule has 2 rings (SSSR count). The van der Waals surface area contributed by atoms with Gasteiger partial charge in [-0.2, -0.15) is 5.10 Å². The molecule has 0 spiro atoms. The van der Waals surface area contributed by atoms with Crippen molar-refractivity contribution in [2.75, 3.05) is 26.7 Å². The van der Waals surface area contributed by atoms with Gasteiger partial charge in [0.1, 0.15) is 0 Å². The summed E-state index contributed by atoms with van der Waals surface area (Å²) in [6.45, 7) is 5.82. The Hall–Kier alpha value is -0.680. The molecule has 0 N–H and O–H groups in total. The fourth-order valence-corrected chi connectivity index (χ4v) is 2.94. The number of halogens is 1. The van der Waals surface area contributed by atoms with E-state index in [-0.39, 0.29) is 0 Å². The first-order valence-corrected chi connectivity index (χ1v) is 7.30. The lowest BCUT2D eigenvalue weighted by Crippen LogP contribution is -2.34. The van der Waals surface area contributed by atoms with E-state index in [0.717, 1.165) is 22.5 Å². The Morgan fingerprint density at radius 3 is 2.67 bits per heavy atom.